The highest BCUT2D eigenvalue weighted by molar-refractivity contribution is 14.1. The molecule has 10 heteroatoms. The molecule has 4 aromatic rings. The van der Waals surface area contributed by atoms with Gasteiger partial charge in [-0.2, -0.15) is 5.26 Å². The Morgan fingerprint density at radius 2 is 1.84 bits per heavy atom. The van der Waals surface area contributed by atoms with E-state index in [1.807, 2.05) is 31.2 Å². The Labute approximate surface area is 198 Å². The summed E-state index contributed by atoms with van der Waals surface area (Å²) in [6, 6.07) is 16.9. The molecule has 9 nitrogen and oxygen atoms in total. The first-order chi connectivity index (χ1) is 15.5. The number of nitrogens with two attached hydrogens (primary N) is 1. The number of ether oxygens (including phenoxy) is 1. The Bertz CT molecular complexity index is 1280. The Morgan fingerprint density at radius 3 is 2.66 bits per heavy atom. The van der Waals surface area contributed by atoms with E-state index in [-0.39, 0.29) is 10.1 Å². The van der Waals surface area contributed by atoms with E-state index in [0.717, 1.165) is 17.0 Å². The number of nitrogen functional groups attached to an aromatic ring is 1. The van der Waals surface area contributed by atoms with Crippen molar-refractivity contribution in [1.82, 2.24) is 29.9 Å². The smallest absolute Gasteiger partial charge is 0.221 e. The molecule has 1 unspecified atom stereocenters. The summed E-state index contributed by atoms with van der Waals surface area (Å²) in [5.41, 5.74) is 10.7. The number of pyridine rings is 1. The lowest BCUT2D eigenvalue weighted by molar-refractivity contribution is 0.118. The number of hydrogen-bond acceptors (Lipinski definition) is 8. The molecule has 1 aromatic carbocycles. The van der Waals surface area contributed by atoms with Crippen molar-refractivity contribution >= 4 is 28.5 Å². The van der Waals surface area contributed by atoms with Crippen LogP contribution in [0.5, 0.6) is 0 Å². The summed E-state index contributed by atoms with van der Waals surface area (Å²) in [6.45, 7) is 2.89. The SMILES string of the molecule is CC(I)OCc1cccc(Cn2cc(-c3cc(-c4cccc(C#N)c4)nc(N)n3)nn2)n1. The summed E-state index contributed by atoms with van der Waals surface area (Å²) in [6.07, 6.45) is 1.79. The van der Waals surface area contributed by atoms with Crippen LogP contribution in [0, 0.1) is 11.3 Å². The maximum absolute atomic E-state index is 9.15. The van der Waals surface area contributed by atoms with Gasteiger partial charge in [-0.25, -0.2) is 14.6 Å². The van der Waals surface area contributed by atoms with Crippen molar-refractivity contribution in [3.05, 3.63) is 71.7 Å². The summed E-state index contributed by atoms with van der Waals surface area (Å²) in [7, 11) is 0. The second-order valence-electron chi connectivity index (χ2n) is 6.96. The third-order valence-electron chi connectivity index (χ3n) is 4.48. The van der Waals surface area contributed by atoms with Crippen LogP contribution in [0.25, 0.3) is 22.6 Å². The molecule has 0 aliphatic heterocycles. The molecule has 0 saturated heterocycles. The van der Waals surface area contributed by atoms with Gasteiger partial charge in [-0.1, -0.05) is 46.0 Å². The van der Waals surface area contributed by atoms with Gasteiger partial charge in [-0.3, -0.25) is 4.98 Å². The molecule has 1 atom stereocenters. The van der Waals surface area contributed by atoms with E-state index >= 15 is 0 Å². The third-order valence-corrected chi connectivity index (χ3v) is 4.84. The van der Waals surface area contributed by atoms with Crippen molar-refractivity contribution in [1.29, 1.82) is 5.26 Å². The van der Waals surface area contributed by atoms with Crippen LogP contribution in [0.1, 0.15) is 23.9 Å². The van der Waals surface area contributed by atoms with E-state index in [1.54, 1.807) is 35.1 Å². The van der Waals surface area contributed by atoms with Crippen molar-refractivity contribution in [3.63, 3.8) is 0 Å². The number of halogens is 1. The van der Waals surface area contributed by atoms with Crippen LogP contribution >= 0.6 is 22.6 Å². The standard InChI is InChI=1S/C22H19IN8O/c1-14(23)32-13-18-7-3-6-17(26-18)11-31-12-21(29-30-31)20-9-19(27-22(25)28-20)16-5-2-4-15(8-16)10-24/h2-9,12,14H,11,13H2,1H3,(H2,25,27,28). The number of nitriles is 1. The largest absolute Gasteiger partial charge is 0.368 e. The van der Waals surface area contributed by atoms with Crippen molar-refractivity contribution in [2.45, 2.75) is 24.2 Å². The molecule has 32 heavy (non-hydrogen) atoms. The molecule has 0 spiro atoms. The monoisotopic (exact) mass is 538 g/mol. The fourth-order valence-electron chi connectivity index (χ4n) is 3.05. The number of anilines is 1. The van der Waals surface area contributed by atoms with Gasteiger partial charge in [0.1, 0.15) is 9.80 Å². The number of nitrogens with zero attached hydrogens (tertiary/aromatic N) is 7. The van der Waals surface area contributed by atoms with Gasteiger partial charge in [0.15, 0.2) is 0 Å². The van der Waals surface area contributed by atoms with Crippen LogP contribution in [0.3, 0.4) is 0 Å². The summed E-state index contributed by atoms with van der Waals surface area (Å²) in [4.78, 5) is 13.2. The second kappa shape index (κ2) is 9.80. The molecule has 0 saturated carbocycles. The molecule has 3 aromatic heterocycles. The van der Waals surface area contributed by atoms with E-state index in [2.05, 4.69) is 53.9 Å². The Kier molecular flexibility index (Phi) is 6.67. The molecule has 0 fully saturated rings. The third kappa shape index (κ3) is 5.43. The maximum Gasteiger partial charge on any atom is 0.221 e. The van der Waals surface area contributed by atoms with Crippen LogP contribution in [-0.4, -0.2) is 34.1 Å². The highest BCUT2D eigenvalue weighted by Gasteiger charge is 2.12. The summed E-state index contributed by atoms with van der Waals surface area (Å²) < 4.78 is 7.42. The van der Waals surface area contributed by atoms with Gasteiger partial charge in [0.2, 0.25) is 5.95 Å². The van der Waals surface area contributed by atoms with Gasteiger partial charge in [-0.15, -0.1) is 5.10 Å². The van der Waals surface area contributed by atoms with Crippen molar-refractivity contribution in [2.75, 3.05) is 5.73 Å². The van der Waals surface area contributed by atoms with E-state index in [9.17, 15) is 0 Å². The molecule has 0 amide bonds. The number of benzene rings is 1. The Morgan fingerprint density at radius 1 is 1.06 bits per heavy atom. The molecule has 4 rings (SSSR count). The predicted molar refractivity (Wildman–Crippen MR) is 127 cm³/mol. The van der Waals surface area contributed by atoms with Crippen LogP contribution in [0.4, 0.5) is 5.95 Å². The lowest BCUT2D eigenvalue weighted by Gasteiger charge is -2.07. The van der Waals surface area contributed by atoms with Gasteiger partial charge >= 0.3 is 0 Å². The van der Waals surface area contributed by atoms with Crippen LogP contribution in [0.15, 0.2) is 54.7 Å². The molecule has 0 aliphatic carbocycles. The number of alkyl halides is 1. The zero-order valence-corrected chi connectivity index (χ0v) is 19.3. The van der Waals surface area contributed by atoms with Gasteiger partial charge < -0.3 is 10.5 Å². The lowest BCUT2D eigenvalue weighted by atomic mass is 10.1. The average Bonchev–Trinajstić information content (AvgIpc) is 3.26. The minimum absolute atomic E-state index is 0.114. The van der Waals surface area contributed by atoms with Gasteiger partial charge in [0.05, 0.1) is 53.8 Å². The van der Waals surface area contributed by atoms with E-state index in [4.69, 9.17) is 15.7 Å². The van der Waals surface area contributed by atoms with Gasteiger partial charge in [0, 0.05) is 5.56 Å². The number of rotatable bonds is 7. The lowest BCUT2D eigenvalue weighted by Crippen LogP contribution is -2.06. The van der Waals surface area contributed by atoms with Gasteiger partial charge in [-0.05, 0) is 37.3 Å². The van der Waals surface area contributed by atoms with Crippen molar-refractivity contribution < 1.29 is 4.74 Å². The molecule has 0 aliphatic rings. The highest BCUT2D eigenvalue weighted by Crippen LogP contribution is 2.24. The maximum atomic E-state index is 9.15. The second-order valence-corrected chi connectivity index (χ2v) is 8.72. The Hall–Kier alpha value is -3.43. The first-order valence-electron chi connectivity index (χ1n) is 9.76. The fraction of sp³-hybridized carbons (Fsp3) is 0.182. The van der Waals surface area contributed by atoms with Crippen molar-refractivity contribution in [3.8, 4) is 28.7 Å². The molecule has 2 N–H and O–H groups in total. The Balaban J connectivity index is 1.56. The molecule has 3 heterocycles. The average molecular weight is 538 g/mol. The minimum atomic E-state index is 0.114. The molecule has 160 valence electrons. The van der Waals surface area contributed by atoms with E-state index in [0.29, 0.717) is 35.8 Å². The minimum Gasteiger partial charge on any atom is -0.368 e. The normalized spacial score (nSPS) is 11.8. The zero-order valence-electron chi connectivity index (χ0n) is 17.2. The van der Waals surface area contributed by atoms with E-state index in [1.165, 1.54) is 0 Å². The number of aromatic nitrogens is 6. The van der Waals surface area contributed by atoms with Crippen LogP contribution in [0.2, 0.25) is 0 Å². The zero-order chi connectivity index (χ0) is 22.5. The molecule has 0 bridgehead atoms. The topological polar surface area (TPSA) is 128 Å². The first-order valence-corrected chi connectivity index (χ1v) is 11.0. The summed E-state index contributed by atoms with van der Waals surface area (Å²) in [5, 5.41) is 17.6. The van der Waals surface area contributed by atoms with Crippen LogP contribution in [-0.2, 0) is 17.9 Å². The fourth-order valence-corrected chi connectivity index (χ4v) is 3.23. The molecular formula is C22H19IN8O. The summed E-state index contributed by atoms with van der Waals surface area (Å²) in [5.74, 6) is 0.119. The van der Waals surface area contributed by atoms with E-state index < -0.39 is 0 Å². The molecular weight excluding hydrogens is 519 g/mol. The quantitative estimate of drug-likeness (QED) is 0.279. The number of hydrogen-bond donors (Lipinski definition) is 1. The molecule has 0 radical (unpaired) electrons. The van der Waals surface area contributed by atoms with Crippen LogP contribution < -0.4 is 5.73 Å². The highest BCUT2D eigenvalue weighted by atomic mass is 127. The van der Waals surface area contributed by atoms with Gasteiger partial charge in [0.25, 0.3) is 0 Å². The predicted octanol–water partition coefficient (Wildman–Crippen LogP) is 3.60. The first kappa shape index (κ1) is 21.8. The summed E-state index contributed by atoms with van der Waals surface area (Å²) >= 11 is 2.21. The van der Waals surface area contributed by atoms with Crippen molar-refractivity contribution in [2.24, 2.45) is 0 Å².